The lowest BCUT2D eigenvalue weighted by molar-refractivity contribution is -0.135. The lowest BCUT2D eigenvalue weighted by Crippen LogP contribution is -2.38. The van der Waals surface area contributed by atoms with E-state index in [0.29, 0.717) is 13.0 Å². The first kappa shape index (κ1) is 16.8. The van der Waals surface area contributed by atoms with Crippen molar-refractivity contribution in [2.75, 3.05) is 26.7 Å². The number of amides is 2. The van der Waals surface area contributed by atoms with Crippen molar-refractivity contribution < 1.29 is 14.3 Å². The quantitative estimate of drug-likeness (QED) is 0.868. The summed E-state index contributed by atoms with van der Waals surface area (Å²) in [7, 11) is 1.65. The third-order valence-corrected chi connectivity index (χ3v) is 4.96. The molecular weight excluding hydrogens is 304 g/mol. The lowest BCUT2D eigenvalue weighted by Gasteiger charge is -2.26. The van der Waals surface area contributed by atoms with Crippen LogP contribution in [-0.2, 0) is 16.0 Å². The second-order valence-corrected chi connectivity index (χ2v) is 6.73. The Labute approximate surface area is 143 Å². The molecular formula is C19H26N2O3. The highest BCUT2D eigenvalue weighted by atomic mass is 16.5. The smallest absolute Gasteiger partial charge is 0.226 e. The molecule has 3 rings (SSSR count). The van der Waals surface area contributed by atoms with Crippen molar-refractivity contribution in [3.8, 4) is 5.75 Å². The van der Waals surface area contributed by atoms with Crippen molar-refractivity contribution in [1.29, 1.82) is 0 Å². The Morgan fingerprint density at radius 2 is 2.00 bits per heavy atom. The zero-order valence-electron chi connectivity index (χ0n) is 14.3. The molecule has 1 aromatic rings. The summed E-state index contributed by atoms with van der Waals surface area (Å²) < 4.78 is 5.20. The van der Waals surface area contributed by atoms with E-state index in [-0.39, 0.29) is 23.7 Å². The van der Waals surface area contributed by atoms with Crippen LogP contribution in [0, 0.1) is 11.8 Å². The molecule has 2 aliphatic rings. The molecule has 1 saturated carbocycles. The summed E-state index contributed by atoms with van der Waals surface area (Å²) in [4.78, 5) is 26.5. The largest absolute Gasteiger partial charge is 0.497 e. The molecule has 0 spiro atoms. The van der Waals surface area contributed by atoms with Gasteiger partial charge in [0, 0.05) is 19.6 Å². The van der Waals surface area contributed by atoms with Crippen LogP contribution in [0.25, 0.3) is 0 Å². The molecule has 0 aromatic heterocycles. The molecule has 1 N–H and O–H groups in total. The molecule has 24 heavy (non-hydrogen) atoms. The van der Waals surface area contributed by atoms with Crippen molar-refractivity contribution in [3.63, 3.8) is 0 Å². The Bertz CT molecular complexity index is 596. The predicted molar refractivity (Wildman–Crippen MR) is 91.7 cm³/mol. The first-order valence-electron chi connectivity index (χ1n) is 8.88. The maximum absolute atomic E-state index is 12.4. The second kappa shape index (κ2) is 7.69. The molecule has 2 atom stereocenters. The van der Waals surface area contributed by atoms with Crippen LogP contribution < -0.4 is 10.1 Å². The fraction of sp³-hybridized carbons (Fsp3) is 0.579. The fourth-order valence-corrected chi connectivity index (χ4v) is 3.40. The number of ether oxygens (including phenoxy) is 1. The van der Waals surface area contributed by atoms with Gasteiger partial charge in [-0.25, -0.2) is 0 Å². The number of hydrogen-bond donors (Lipinski definition) is 1. The average molecular weight is 330 g/mol. The molecule has 1 aliphatic heterocycles. The molecule has 2 unspecified atom stereocenters. The minimum atomic E-state index is -0.121. The maximum atomic E-state index is 12.4. The van der Waals surface area contributed by atoms with E-state index in [4.69, 9.17) is 4.74 Å². The van der Waals surface area contributed by atoms with Gasteiger partial charge in [-0.05, 0) is 49.8 Å². The predicted octanol–water partition coefficient (Wildman–Crippen LogP) is 2.00. The van der Waals surface area contributed by atoms with Crippen LogP contribution in [-0.4, -0.2) is 43.5 Å². The van der Waals surface area contributed by atoms with Crippen LogP contribution in [0.2, 0.25) is 0 Å². The van der Waals surface area contributed by atoms with E-state index in [0.717, 1.165) is 43.7 Å². The third kappa shape index (κ3) is 4.08. The summed E-state index contributed by atoms with van der Waals surface area (Å²) in [6, 6.07) is 7.85. The lowest BCUT2D eigenvalue weighted by atomic mass is 10.1. The molecule has 5 nitrogen and oxygen atoms in total. The van der Waals surface area contributed by atoms with E-state index in [9.17, 15) is 9.59 Å². The van der Waals surface area contributed by atoms with E-state index in [1.807, 2.05) is 29.2 Å². The minimum Gasteiger partial charge on any atom is -0.497 e. The number of carbonyl (C=O) groups excluding carboxylic acids is 2. The highest BCUT2D eigenvalue weighted by Crippen LogP contribution is 2.40. The zero-order valence-corrected chi connectivity index (χ0v) is 14.3. The number of carbonyl (C=O) groups is 2. The van der Waals surface area contributed by atoms with Gasteiger partial charge >= 0.3 is 0 Å². The molecule has 5 heteroatoms. The van der Waals surface area contributed by atoms with Gasteiger partial charge in [-0.1, -0.05) is 12.1 Å². The molecule has 2 amide bonds. The number of nitrogens with zero attached hydrogens (tertiary/aromatic N) is 1. The molecule has 0 bridgehead atoms. The van der Waals surface area contributed by atoms with Crippen LogP contribution >= 0.6 is 0 Å². The van der Waals surface area contributed by atoms with Gasteiger partial charge in [-0.2, -0.15) is 0 Å². The Morgan fingerprint density at radius 3 is 2.75 bits per heavy atom. The van der Waals surface area contributed by atoms with Gasteiger partial charge in [-0.15, -0.1) is 0 Å². The standard InChI is InChI=1S/C19H26N2O3/c1-24-15-7-5-6-14(12-15)8-9-20-18(22)16-13-17(16)19(23)21-10-3-2-4-11-21/h5-7,12,16-17H,2-4,8-11,13H2,1H3,(H,20,22). The summed E-state index contributed by atoms with van der Waals surface area (Å²) in [5, 5.41) is 2.97. The van der Waals surface area contributed by atoms with Crippen LogP contribution in [0.3, 0.4) is 0 Å². The monoisotopic (exact) mass is 330 g/mol. The van der Waals surface area contributed by atoms with E-state index >= 15 is 0 Å². The van der Waals surface area contributed by atoms with Gasteiger partial charge in [0.1, 0.15) is 5.75 Å². The number of nitrogens with one attached hydrogen (secondary N) is 1. The number of benzene rings is 1. The van der Waals surface area contributed by atoms with Gasteiger partial charge in [0.05, 0.1) is 18.9 Å². The molecule has 0 radical (unpaired) electrons. The van der Waals surface area contributed by atoms with Crippen molar-refractivity contribution in [2.45, 2.75) is 32.1 Å². The minimum absolute atomic E-state index is 0.0215. The molecule has 2 fully saturated rings. The molecule has 1 aromatic carbocycles. The molecule has 1 heterocycles. The van der Waals surface area contributed by atoms with Crippen LogP contribution in [0.5, 0.6) is 5.75 Å². The Kier molecular flexibility index (Phi) is 5.38. The van der Waals surface area contributed by atoms with Gasteiger partial charge < -0.3 is 15.0 Å². The van der Waals surface area contributed by atoms with Gasteiger partial charge in [0.2, 0.25) is 11.8 Å². The van der Waals surface area contributed by atoms with E-state index in [1.54, 1.807) is 7.11 Å². The second-order valence-electron chi connectivity index (χ2n) is 6.73. The molecule has 1 saturated heterocycles. The Hall–Kier alpha value is -2.04. The highest BCUT2D eigenvalue weighted by Gasteiger charge is 2.49. The Balaban J connectivity index is 1.40. The van der Waals surface area contributed by atoms with Crippen LogP contribution in [0.4, 0.5) is 0 Å². The summed E-state index contributed by atoms with van der Waals surface area (Å²) in [6.07, 6.45) is 4.87. The van der Waals surface area contributed by atoms with Gasteiger partial charge in [0.15, 0.2) is 0 Å². The number of rotatable bonds is 6. The topological polar surface area (TPSA) is 58.6 Å². The number of piperidine rings is 1. The molecule has 1 aliphatic carbocycles. The number of likely N-dealkylation sites (tertiary alicyclic amines) is 1. The van der Waals surface area contributed by atoms with Crippen molar-refractivity contribution in [2.24, 2.45) is 11.8 Å². The van der Waals surface area contributed by atoms with Crippen molar-refractivity contribution >= 4 is 11.8 Å². The number of hydrogen-bond acceptors (Lipinski definition) is 3. The van der Waals surface area contributed by atoms with E-state index < -0.39 is 0 Å². The van der Waals surface area contributed by atoms with E-state index in [2.05, 4.69) is 5.32 Å². The first-order valence-corrected chi connectivity index (χ1v) is 8.88. The van der Waals surface area contributed by atoms with Gasteiger partial charge in [0.25, 0.3) is 0 Å². The first-order chi connectivity index (χ1) is 11.7. The van der Waals surface area contributed by atoms with Crippen LogP contribution in [0.1, 0.15) is 31.2 Å². The van der Waals surface area contributed by atoms with Crippen molar-refractivity contribution in [1.82, 2.24) is 10.2 Å². The summed E-state index contributed by atoms with van der Waals surface area (Å²) >= 11 is 0. The number of methoxy groups -OCH3 is 1. The summed E-state index contributed by atoms with van der Waals surface area (Å²) in [6.45, 7) is 2.31. The third-order valence-electron chi connectivity index (χ3n) is 4.96. The van der Waals surface area contributed by atoms with Gasteiger partial charge in [-0.3, -0.25) is 9.59 Å². The molecule has 130 valence electrons. The maximum Gasteiger partial charge on any atom is 0.226 e. The van der Waals surface area contributed by atoms with Crippen molar-refractivity contribution in [3.05, 3.63) is 29.8 Å². The zero-order chi connectivity index (χ0) is 16.9. The average Bonchev–Trinajstić information content (AvgIpc) is 3.43. The van der Waals surface area contributed by atoms with Crippen LogP contribution in [0.15, 0.2) is 24.3 Å². The Morgan fingerprint density at radius 1 is 1.21 bits per heavy atom. The fourth-order valence-electron chi connectivity index (χ4n) is 3.40. The summed E-state index contributed by atoms with van der Waals surface area (Å²) in [5.74, 6) is 0.828. The normalized spacial score (nSPS) is 22.8. The highest BCUT2D eigenvalue weighted by molar-refractivity contribution is 5.92. The summed E-state index contributed by atoms with van der Waals surface area (Å²) in [5.41, 5.74) is 1.13. The SMILES string of the molecule is COc1cccc(CCNC(=O)C2CC2C(=O)N2CCCCC2)c1. The van der Waals surface area contributed by atoms with E-state index in [1.165, 1.54) is 6.42 Å².